The lowest BCUT2D eigenvalue weighted by molar-refractivity contribution is -0.0108. The molecule has 0 unspecified atom stereocenters. The number of hydrogen-bond donors (Lipinski definition) is 0. The van der Waals surface area contributed by atoms with Crippen molar-refractivity contribution in [3.8, 4) is 0 Å². The van der Waals surface area contributed by atoms with Gasteiger partial charge in [-0.3, -0.25) is 4.79 Å². The normalized spacial score (nSPS) is 11.2. The minimum Gasteiger partial charge on any atom is -0.429 e. The Labute approximate surface area is 155 Å². The number of nitrogens with zero attached hydrogens (tertiary/aromatic N) is 1. The molecule has 0 fully saturated rings. The molecule has 0 atom stereocenters. The van der Waals surface area contributed by atoms with E-state index in [2.05, 4.69) is 4.98 Å². The average Bonchev–Trinajstić information content (AvgIpc) is 2.96. The molecule has 0 radical (unpaired) electrons. The van der Waals surface area contributed by atoms with E-state index >= 15 is 0 Å². The number of rotatable bonds is 5. The Bertz CT molecular complexity index is 759. The van der Waals surface area contributed by atoms with Crippen LogP contribution in [0.15, 0.2) is 24.4 Å². The second-order valence-corrected chi connectivity index (χ2v) is 8.03. The van der Waals surface area contributed by atoms with Crippen LogP contribution >= 0.6 is 22.9 Å². The molecule has 7 heteroatoms. The van der Waals surface area contributed by atoms with Gasteiger partial charge in [0.05, 0.1) is 4.88 Å². The number of aromatic nitrogens is 1. The van der Waals surface area contributed by atoms with E-state index in [1.54, 1.807) is 26.8 Å². The Morgan fingerprint density at radius 3 is 2.64 bits per heavy atom. The van der Waals surface area contributed by atoms with E-state index in [0.717, 1.165) is 11.1 Å². The molecule has 0 amide bonds. The van der Waals surface area contributed by atoms with Gasteiger partial charge in [-0.25, -0.2) is 9.78 Å². The number of aryl methyl sites for hydroxylation is 1. The first-order chi connectivity index (χ1) is 11.7. The molecule has 2 aromatic rings. The van der Waals surface area contributed by atoms with Crippen molar-refractivity contribution in [1.82, 2.24) is 4.98 Å². The zero-order chi connectivity index (χ0) is 18.6. The molecular weight excluding hydrogens is 362 g/mol. The van der Waals surface area contributed by atoms with Gasteiger partial charge in [0.1, 0.15) is 17.2 Å². The third kappa shape index (κ3) is 5.83. The van der Waals surface area contributed by atoms with Crippen molar-refractivity contribution in [3.05, 3.63) is 50.4 Å². The summed E-state index contributed by atoms with van der Waals surface area (Å²) < 4.78 is 10.1. The van der Waals surface area contributed by atoms with Crippen LogP contribution in [0.25, 0.3) is 0 Å². The molecule has 1 aromatic carbocycles. The molecule has 0 aliphatic carbocycles. The summed E-state index contributed by atoms with van der Waals surface area (Å²) >= 11 is 7.36. The quantitative estimate of drug-likeness (QED) is 0.539. The number of carbonyl (C=O) groups is 2. The van der Waals surface area contributed by atoms with Gasteiger partial charge in [0.15, 0.2) is 5.78 Å². The summed E-state index contributed by atoms with van der Waals surface area (Å²) in [4.78, 5) is 28.6. The summed E-state index contributed by atoms with van der Waals surface area (Å²) in [5.74, 6) is -0.0720. The summed E-state index contributed by atoms with van der Waals surface area (Å²) in [7, 11) is 0. The van der Waals surface area contributed by atoms with Crippen LogP contribution in [0.3, 0.4) is 0 Å². The lowest BCUT2D eigenvalue weighted by atomic mass is 10.0. The first-order valence-corrected chi connectivity index (χ1v) is 8.93. The highest BCUT2D eigenvalue weighted by atomic mass is 35.5. The Hall–Kier alpha value is -1.92. The van der Waals surface area contributed by atoms with Gasteiger partial charge in [0.25, 0.3) is 0 Å². The van der Waals surface area contributed by atoms with Crippen LogP contribution in [0.2, 0.25) is 5.02 Å². The number of Topliss-reactive ketones (excluding diaryl/α,β-unsaturated/α-hetero) is 1. The molecule has 0 saturated heterocycles. The number of carbonyl (C=O) groups excluding carboxylic acids is 2. The van der Waals surface area contributed by atoms with Crippen molar-refractivity contribution in [2.45, 2.75) is 46.3 Å². The van der Waals surface area contributed by atoms with Gasteiger partial charge < -0.3 is 9.47 Å². The summed E-state index contributed by atoms with van der Waals surface area (Å²) in [6.07, 6.45) is 0.940. The monoisotopic (exact) mass is 381 g/mol. The third-order valence-corrected chi connectivity index (χ3v) is 4.59. The summed E-state index contributed by atoms with van der Waals surface area (Å²) in [5.41, 5.74) is 1.17. The minimum absolute atomic E-state index is 0.0298. The Morgan fingerprint density at radius 1 is 1.28 bits per heavy atom. The second kappa shape index (κ2) is 7.97. The summed E-state index contributed by atoms with van der Waals surface area (Å²) in [5, 5.41) is 1.11. The number of halogens is 1. The largest absolute Gasteiger partial charge is 0.509 e. The van der Waals surface area contributed by atoms with Gasteiger partial charge in [-0.2, -0.15) is 0 Å². The van der Waals surface area contributed by atoms with Gasteiger partial charge in [0, 0.05) is 17.6 Å². The van der Waals surface area contributed by atoms with E-state index in [0.29, 0.717) is 14.9 Å². The van der Waals surface area contributed by atoms with Crippen molar-refractivity contribution in [3.63, 3.8) is 0 Å². The van der Waals surface area contributed by atoms with Gasteiger partial charge in [-0.15, -0.1) is 11.3 Å². The van der Waals surface area contributed by atoms with Crippen LogP contribution in [-0.4, -0.2) is 22.5 Å². The molecule has 1 aromatic heterocycles. The molecule has 0 N–H and O–H groups in total. The first kappa shape index (κ1) is 19.4. The fraction of sp³-hybridized carbons (Fsp3) is 0.389. The van der Waals surface area contributed by atoms with E-state index in [4.69, 9.17) is 21.1 Å². The van der Waals surface area contributed by atoms with Gasteiger partial charge >= 0.3 is 6.16 Å². The van der Waals surface area contributed by atoms with Gasteiger partial charge in [-0.1, -0.05) is 23.7 Å². The number of ketones is 1. The molecule has 2 rings (SSSR count). The van der Waals surface area contributed by atoms with Crippen LogP contribution < -0.4 is 0 Å². The predicted octanol–water partition coefficient (Wildman–Crippen LogP) is 4.98. The highest BCUT2D eigenvalue weighted by molar-refractivity contribution is 7.13. The van der Waals surface area contributed by atoms with E-state index < -0.39 is 11.8 Å². The third-order valence-electron chi connectivity index (χ3n) is 3.22. The van der Waals surface area contributed by atoms with Gasteiger partial charge in [0.2, 0.25) is 0 Å². The number of ether oxygens (including phenoxy) is 2. The number of hydrogen-bond acceptors (Lipinski definition) is 6. The first-order valence-electron chi connectivity index (χ1n) is 7.73. The summed E-state index contributed by atoms with van der Waals surface area (Å²) in [6, 6.07) is 5.54. The smallest absolute Gasteiger partial charge is 0.429 e. The molecule has 0 spiro atoms. The zero-order valence-corrected chi connectivity index (χ0v) is 16.2. The molecule has 25 heavy (non-hydrogen) atoms. The molecule has 0 aliphatic heterocycles. The Kier molecular flexibility index (Phi) is 6.19. The zero-order valence-electron chi connectivity index (χ0n) is 14.6. The Balaban J connectivity index is 1.96. The van der Waals surface area contributed by atoms with Crippen molar-refractivity contribution in [2.75, 3.05) is 0 Å². The lowest BCUT2D eigenvalue weighted by Gasteiger charge is -2.18. The number of benzene rings is 1. The maximum atomic E-state index is 12.4. The number of thiazole rings is 1. The van der Waals surface area contributed by atoms with E-state index in [-0.39, 0.29) is 18.8 Å². The Morgan fingerprint density at radius 2 is 2.00 bits per heavy atom. The fourth-order valence-corrected chi connectivity index (χ4v) is 3.10. The van der Waals surface area contributed by atoms with E-state index in [1.165, 1.54) is 17.5 Å². The molecule has 5 nitrogen and oxygen atoms in total. The minimum atomic E-state index is -0.762. The fourth-order valence-electron chi connectivity index (χ4n) is 2.04. The maximum absolute atomic E-state index is 12.4. The van der Waals surface area contributed by atoms with Crippen molar-refractivity contribution in [2.24, 2.45) is 0 Å². The van der Waals surface area contributed by atoms with E-state index in [1.807, 2.05) is 19.1 Å². The van der Waals surface area contributed by atoms with Crippen molar-refractivity contribution in [1.29, 1.82) is 0 Å². The van der Waals surface area contributed by atoms with E-state index in [9.17, 15) is 9.59 Å². The lowest BCUT2D eigenvalue weighted by Crippen LogP contribution is -2.24. The summed E-state index contributed by atoms with van der Waals surface area (Å²) in [6.45, 7) is 7.15. The maximum Gasteiger partial charge on any atom is 0.509 e. The van der Waals surface area contributed by atoms with Crippen LogP contribution in [0.1, 0.15) is 46.6 Å². The molecule has 0 bridgehead atoms. The van der Waals surface area contributed by atoms with Crippen LogP contribution in [-0.2, 0) is 22.5 Å². The molecule has 134 valence electrons. The SMILES string of the molecule is Cc1cccc(Cl)c1CC(=O)c1cnc(COC(=O)OC(C)(C)C)s1. The van der Waals surface area contributed by atoms with Crippen LogP contribution in [0.5, 0.6) is 0 Å². The van der Waals surface area contributed by atoms with Crippen LogP contribution in [0.4, 0.5) is 4.79 Å². The van der Waals surface area contributed by atoms with Gasteiger partial charge in [-0.05, 0) is 44.9 Å². The highest BCUT2D eigenvalue weighted by Gasteiger charge is 2.19. The predicted molar refractivity (Wildman–Crippen MR) is 97.4 cm³/mol. The molecule has 1 heterocycles. The topological polar surface area (TPSA) is 65.5 Å². The van der Waals surface area contributed by atoms with Crippen LogP contribution in [0, 0.1) is 6.92 Å². The average molecular weight is 382 g/mol. The molecular formula is C18H20ClNO4S. The molecule has 0 aliphatic rings. The second-order valence-electron chi connectivity index (χ2n) is 6.51. The molecule has 0 saturated carbocycles. The van der Waals surface area contributed by atoms with Crippen molar-refractivity contribution >= 4 is 34.9 Å². The highest BCUT2D eigenvalue weighted by Crippen LogP contribution is 2.23. The standard InChI is InChI=1S/C18H20ClNO4S/c1-11-6-5-7-13(19)12(11)8-14(21)15-9-20-16(25-15)10-23-17(22)24-18(2,3)4/h5-7,9H,8,10H2,1-4H3. The van der Waals surface area contributed by atoms with Crippen molar-refractivity contribution < 1.29 is 19.1 Å².